The van der Waals surface area contributed by atoms with Crippen molar-refractivity contribution in [2.75, 3.05) is 13.7 Å². The van der Waals surface area contributed by atoms with Gasteiger partial charge in [0, 0.05) is 5.54 Å². The summed E-state index contributed by atoms with van der Waals surface area (Å²) in [5.41, 5.74) is 0.120. The normalized spacial score (nSPS) is 15.2. The molecule has 0 aliphatic rings. The molecule has 0 saturated heterocycles. The van der Waals surface area contributed by atoms with Crippen LogP contribution < -0.4 is 10.1 Å². The summed E-state index contributed by atoms with van der Waals surface area (Å²) in [6.07, 6.45) is 0.664. The van der Waals surface area contributed by atoms with Crippen LogP contribution in [-0.2, 0) is 5.60 Å². The maximum absolute atomic E-state index is 10.5. The van der Waals surface area contributed by atoms with Gasteiger partial charge in [-0.1, -0.05) is 12.1 Å². The van der Waals surface area contributed by atoms with Crippen molar-refractivity contribution in [1.82, 2.24) is 5.32 Å². The summed E-state index contributed by atoms with van der Waals surface area (Å²) in [6.45, 7) is 8.97. The van der Waals surface area contributed by atoms with E-state index in [1.54, 1.807) is 7.11 Å². The third-order valence-electron chi connectivity index (χ3n) is 2.96. The summed E-state index contributed by atoms with van der Waals surface area (Å²) in [4.78, 5) is 0. The lowest BCUT2D eigenvalue weighted by atomic mass is 9.92. The van der Waals surface area contributed by atoms with Crippen LogP contribution >= 0.6 is 0 Å². The second-order valence-electron chi connectivity index (χ2n) is 5.93. The third-order valence-corrected chi connectivity index (χ3v) is 2.96. The number of rotatable bonds is 5. The van der Waals surface area contributed by atoms with Crippen LogP contribution in [0.2, 0.25) is 0 Å². The van der Waals surface area contributed by atoms with Gasteiger partial charge < -0.3 is 15.2 Å². The molecule has 0 heterocycles. The van der Waals surface area contributed by atoms with Crippen LogP contribution in [0.5, 0.6) is 5.75 Å². The van der Waals surface area contributed by atoms with Gasteiger partial charge in [-0.3, -0.25) is 0 Å². The molecule has 0 saturated carbocycles. The van der Waals surface area contributed by atoms with Gasteiger partial charge >= 0.3 is 0 Å². The molecule has 1 unspecified atom stereocenters. The largest absolute Gasteiger partial charge is 0.497 e. The van der Waals surface area contributed by atoms with Crippen molar-refractivity contribution in [3.63, 3.8) is 0 Å². The van der Waals surface area contributed by atoms with Crippen LogP contribution in [-0.4, -0.2) is 24.3 Å². The Bertz CT molecular complexity index is 380. The SMILES string of the molecule is COc1cccc(C(C)(O)CCNC(C)(C)C)c1. The van der Waals surface area contributed by atoms with Crippen molar-refractivity contribution < 1.29 is 9.84 Å². The second-order valence-corrected chi connectivity index (χ2v) is 5.93. The van der Waals surface area contributed by atoms with E-state index in [1.165, 1.54) is 0 Å². The van der Waals surface area contributed by atoms with E-state index >= 15 is 0 Å². The molecule has 18 heavy (non-hydrogen) atoms. The molecule has 0 spiro atoms. The Hall–Kier alpha value is -1.06. The molecule has 3 nitrogen and oxygen atoms in total. The van der Waals surface area contributed by atoms with Crippen LogP contribution in [0.3, 0.4) is 0 Å². The number of aliphatic hydroxyl groups is 1. The topological polar surface area (TPSA) is 41.5 Å². The molecule has 1 atom stereocenters. The van der Waals surface area contributed by atoms with Crippen LogP contribution in [0.1, 0.15) is 39.7 Å². The summed E-state index contributed by atoms with van der Waals surface area (Å²) in [5.74, 6) is 0.775. The summed E-state index contributed by atoms with van der Waals surface area (Å²) < 4.78 is 5.18. The molecule has 0 amide bonds. The number of benzene rings is 1. The number of methoxy groups -OCH3 is 1. The van der Waals surface area contributed by atoms with Gasteiger partial charge in [-0.2, -0.15) is 0 Å². The minimum absolute atomic E-state index is 0.0739. The zero-order chi connectivity index (χ0) is 13.8. The maximum Gasteiger partial charge on any atom is 0.119 e. The molecule has 0 bridgehead atoms. The third kappa shape index (κ3) is 4.67. The lowest BCUT2D eigenvalue weighted by Crippen LogP contribution is -2.39. The Kier molecular flexibility index (Phi) is 4.77. The summed E-state index contributed by atoms with van der Waals surface area (Å²) in [5, 5.41) is 13.9. The van der Waals surface area contributed by atoms with E-state index in [4.69, 9.17) is 4.74 Å². The predicted octanol–water partition coefficient (Wildman–Crippen LogP) is 2.68. The van der Waals surface area contributed by atoms with Crippen LogP contribution in [0.4, 0.5) is 0 Å². The average molecular weight is 251 g/mol. The van der Waals surface area contributed by atoms with Gasteiger partial charge in [0.2, 0.25) is 0 Å². The van der Waals surface area contributed by atoms with Crippen LogP contribution in [0.25, 0.3) is 0 Å². The fourth-order valence-corrected chi connectivity index (χ4v) is 1.78. The average Bonchev–Trinajstić information content (AvgIpc) is 2.27. The van der Waals surface area contributed by atoms with E-state index < -0.39 is 5.60 Å². The quantitative estimate of drug-likeness (QED) is 0.845. The number of nitrogens with one attached hydrogen (secondary N) is 1. The van der Waals surface area contributed by atoms with E-state index in [0.29, 0.717) is 6.42 Å². The van der Waals surface area contributed by atoms with Gasteiger partial charge in [-0.15, -0.1) is 0 Å². The van der Waals surface area contributed by atoms with E-state index in [0.717, 1.165) is 17.9 Å². The van der Waals surface area contributed by atoms with Crippen molar-refractivity contribution >= 4 is 0 Å². The molecule has 2 N–H and O–H groups in total. The van der Waals surface area contributed by atoms with Crippen molar-refractivity contribution in [2.24, 2.45) is 0 Å². The van der Waals surface area contributed by atoms with Gasteiger partial charge in [0.05, 0.1) is 12.7 Å². The van der Waals surface area contributed by atoms with E-state index in [-0.39, 0.29) is 5.54 Å². The van der Waals surface area contributed by atoms with Crippen LogP contribution in [0.15, 0.2) is 24.3 Å². The highest BCUT2D eigenvalue weighted by Gasteiger charge is 2.23. The highest BCUT2D eigenvalue weighted by Crippen LogP contribution is 2.27. The standard InChI is InChI=1S/C15H25NO2/c1-14(2,3)16-10-9-15(4,17)12-7-6-8-13(11-12)18-5/h6-8,11,16-17H,9-10H2,1-5H3. The second kappa shape index (κ2) is 5.72. The molecule has 1 aromatic rings. The van der Waals surface area contributed by atoms with Crippen molar-refractivity contribution in [2.45, 2.75) is 45.3 Å². The molecule has 0 radical (unpaired) electrons. The number of hydrogen-bond donors (Lipinski definition) is 2. The molecular formula is C15H25NO2. The monoisotopic (exact) mass is 251 g/mol. The summed E-state index contributed by atoms with van der Waals surface area (Å²) >= 11 is 0. The van der Waals surface area contributed by atoms with E-state index in [1.807, 2.05) is 31.2 Å². The molecular weight excluding hydrogens is 226 g/mol. The Morgan fingerprint density at radius 1 is 1.22 bits per heavy atom. The first-order chi connectivity index (χ1) is 8.24. The highest BCUT2D eigenvalue weighted by atomic mass is 16.5. The Morgan fingerprint density at radius 3 is 2.44 bits per heavy atom. The van der Waals surface area contributed by atoms with Crippen LogP contribution in [0, 0.1) is 0 Å². The first-order valence-electron chi connectivity index (χ1n) is 6.36. The molecule has 0 aromatic heterocycles. The number of hydrogen-bond acceptors (Lipinski definition) is 3. The first kappa shape index (κ1) is 15.0. The van der Waals surface area contributed by atoms with Crippen molar-refractivity contribution in [1.29, 1.82) is 0 Å². The molecule has 0 aliphatic carbocycles. The molecule has 102 valence electrons. The summed E-state index contributed by atoms with van der Waals surface area (Å²) in [7, 11) is 1.63. The van der Waals surface area contributed by atoms with Crippen molar-refractivity contribution in [3.8, 4) is 5.75 Å². The Morgan fingerprint density at radius 2 is 1.89 bits per heavy atom. The van der Waals surface area contributed by atoms with Gasteiger partial charge in [0.25, 0.3) is 0 Å². The minimum atomic E-state index is -0.840. The minimum Gasteiger partial charge on any atom is -0.497 e. The van der Waals surface area contributed by atoms with Crippen molar-refractivity contribution in [3.05, 3.63) is 29.8 Å². The van der Waals surface area contributed by atoms with E-state index in [2.05, 4.69) is 26.1 Å². The highest BCUT2D eigenvalue weighted by molar-refractivity contribution is 5.31. The lowest BCUT2D eigenvalue weighted by Gasteiger charge is -2.27. The Balaban J connectivity index is 2.67. The van der Waals surface area contributed by atoms with Gasteiger partial charge in [-0.25, -0.2) is 0 Å². The van der Waals surface area contributed by atoms with Gasteiger partial charge in [0.15, 0.2) is 0 Å². The first-order valence-corrected chi connectivity index (χ1v) is 6.36. The molecule has 1 aromatic carbocycles. The van der Waals surface area contributed by atoms with Gasteiger partial charge in [-0.05, 0) is 58.4 Å². The molecule has 0 fully saturated rings. The molecule has 0 aliphatic heterocycles. The fourth-order valence-electron chi connectivity index (χ4n) is 1.78. The lowest BCUT2D eigenvalue weighted by molar-refractivity contribution is 0.0462. The zero-order valence-corrected chi connectivity index (χ0v) is 12.1. The summed E-state index contributed by atoms with van der Waals surface area (Å²) in [6, 6.07) is 7.60. The zero-order valence-electron chi connectivity index (χ0n) is 12.1. The maximum atomic E-state index is 10.5. The molecule has 1 rings (SSSR count). The molecule has 3 heteroatoms. The van der Waals surface area contributed by atoms with E-state index in [9.17, 15) is 5.11 Å². The fraction of sp³-hybridized carbons (Fsp3) is 0.600. The van der Waals surface area contributed by atoms with Gasteiger partial charge in [0.1, 0.15) is 5.75 Å². The predicted molar refractivity (Wildman–Crippen MR) is 74.9 cm³/mol. The smallest absolute Gasteiger partial charge is 0.119 e. The number of ether oxygens (including phenoxy) is 1. The Labute approximate surface area is 110 Å².